The highest BCUT2D eigenvalue weighted by Crippen LogP contribution is 2.06. The Morgan fingerprint density at radius 3 is 2.72 bits per heavy atom. The van der Waals surface area contributed by atoms with Crippen molar-refractivity contribution in [3.8, 4) is 0 Å². The fraction of sp³-hybridized carbons (Fsp3) is 0.308. The molecule has 18 heavy (non-hydrogen) atoms. The van der Waals surface area contributed by atoms with Crippen molar-refractivity contribution in [2.45, 2.75) is 20.0 Å². The Bertz CT molecular complexity index is 511. The minimum atomic E-state index is -0.193. The Balaban J connectivity index is 0.00000162. The molecule has 3 nitrogen and oxygen atoms in total. The molecule has 0 unspecified atom stereocenters. The van der Waals surface area contributed by atoms with Gasteiger partial charge < -0.3 is 5.32 Å². The molecule has 0 radical (unpaired) electrons. The van der Waals surface area contributed by atoms with Crippen LogP contribution in [0, 0.1) is 12.7 Å². The van der Waals surface area contributed by atoms with Crippen LogP contribution in [0.15, 0.2) is 30.5 Å². The zero-order valence-electron chi connectivity index (χ0n) is 10.5. The summed E-state index contributed by atoms with van der Waals surface area (Å²) >= 11 is 0. The summed E-state index contributed by atoms with van der Waals surface area (Å²) in [6.07, 6.45) is 1.99. The Hall–Kier alpha value is -1.39. The molecule has 1 heterocycles. The summed E-state index contributed by atoms with van der Waals surface area (Å²) in [4.78, 5) is 0. The molecule has 0 aliphatic rings. The molecule has 0 bridgehead atoms. The van der Waals surface area contributed by atoms with Gasteiger partial charge in [0.05, 0.1) is 5.69 Å². The molecular weight excluding hydrogens is 253 g/mol. The molecule has 98 valence electrons. The number of benzene rings is 1. The highest BCUT2D eigenvalue weighted by atomic mass is 35.5. The first-order chi connectivity index (χ1) is 8.15. The molecule has 0 spiro atoms. The topological polar surface area (TPSA) is 29.9 Å². The standard InChI is InChI=1S/C13H16FN3.ClH/c1-10-12(9-17(2)16-10)8-15-7-11-4-3-5-13(14)6-11;/h3-6,9,15H,7-8H2,1-2H3;1H. The van der Waals surface area contributed by atoms with E-state index in [0.717, 1.165) is 17.8 Å². The SMILES string of the molecule is Cc1nn(C)cc1CNCc1cccc(F)c1.Cl. The summed E-state index contributed by atoms with van der Waals surface area (Å²) in [6.45, 7) is 3.39. The lowest BCUT2D eigenvalue weighted by Gasteiger charge is -2.04. The maximum Gasteiger partial charge on any atom is 0.123 e. The summed E-state index contributed by atoms with van der Waals surface area (Å²) in [5.41, 5.74) is 3.15. The van der Waals surface area contributed by atoms with Crippen molar-refractivity contribution in [2.75, 3.05) is 0 Å². The summed E-state index contributed by atoms with van der Waals surface area (Å²) in [6, 6.07) is 6.63. The maximum absolute atomic E-state index is 12.9. The van der Waals surface area contributed by atoms with Crippen molar-refractivity contribution in [1.82, 2.24) is 15.1 Å². The van der Waals surface area contributed by atoms with Crippen LogP contribution in [0.25, 0.3) is 0 Å². The lowest BCUT2D eigenvalue weighted by molar-refractivity contribution is 0.620. The predicted molar refractivity (Wildman–Crippen MR) is 72.1 cm³/mol. The molecule has 0 fully saturated rings. The van der Waals surface area contributed by atoms with Crippen molar-refractivity contribution < 1.29 is 4.39 Å². The van der Waals surface area contributed by atoms with Gasteiger partial charge in [-0.25, -0.2) is 4.39 Å². The van der Waals surface area contributed by atoms with Gasteiger partial charge in [0, 0.05) is 31.9 Å². The third-order valence-electron chi connectivity index (χ3n) is 2.65. The van der Waals surface area contributed by atoms with E-state index in [1.165, 1.54) is 11.6 Å². The molecule has 2 aromatic rings. The minimum absolute atomic E-state index is 0. The monoisotopic (exact) mass is 269 g/mol. The lowest BCUT2D eigenvalue weighted by Crippen LogP contribution is -2.13. The molecule has 5 heteroatoms. The lowest BCUT2D eigenvalue weighted by atomic mass is 10.2. The van der Waals surface area contributed by atoms with Gasteiger partial charge in [-0.2, -0.15) is 5.10 Å². The van der Waals surface area contributed by atoms with Crippen LogP contribution in [0.4, 0.5) is 4.39 Å². The highest BCUT2D eigenvalue weighted by molar-refractivity contribution is 5.85. The third-order valence-corrected chi connectivity index (χ3v) is 2.65. The van der Waals surface area contributed by atoms with E-state index in [9.17, 15) is 4.39 Å². The van der Waals surface area contributed by atoms with Gasteiger partial charge in [0.25, 0.3) is 0 Å². The van der Waals surface area contributed by atoms with Gasteiger partial charge in [0.2, 0.25) is 0 Å². The fourth-order valence-electron chi connectivity index (χ4n) is 1.81. The highest BCUT2D eigenvalue weighted by Gasteiger charge is 2.02. The molecular formula is C13H17ClFN3. The second kappa shape index (κ2) is 6.52. The molecule has 0 saturated heterocycles. The van der Waals surface area contributed by atoms with E-state index < -0.39 is 0 Å². The average Bonchev–Trinajstić information content (AvgIpc) is 2.58. The van der Waals surface area contributed by atoms with Gasteiger partial charge >= 0.3 is 0 Å². The van der Waals surface area contributed by atoms with Crippen LogP contribution in [0.5, 0.6) is 0 Å². The molecule has 1 aromatic heterocycles. The Morgan fingerprint density at radius 2 is 2.11 bits per heavy atom. The van der Waals surface area contributed by atoms with E-state index in [2.05, 4.69) is 10.4 Å². The van der Waals surface area contributed by atoms with Crippen molar-refractivity contribution >= 4 is 12.4 Å². The van der Waals surface area contributed by atoms with Gasteiger partial charge in [0.1, 0.15) is 5.82 Å². The van der Waals surface area contributed by atoms with Crippen LogP contribution in [0.2, 0.25) is 0 Å². The zero-order valence-corrected chi connectivity index (χ0v) is 11.3. The van der Waals surface area contributed by atoms with Gasteiger partial charge in [-0.1, -0.05) is 12.1 Å². The molecule has 2 rings (SSSR count). The molecule has 0 atom stereocenters. The Morgan fingerprint density at radius 1 is 1.33 bits per heavy atom. The Kier molecular flexibility index (Phi) is 5.31. The van der Waals surface area contributed by atoms with E-state index in [-0.39, 0.29) is 18.2 Å². The second-order valence-electron chi connectivity index (χ2n) is 4.15. The number of nitrogens with one attached hydrogen (secondary N) is 1. The van der Waals surface area contributed by atoms with E-state index >= 15 is 0 Å². The molecule has 0 aliphatic carbocycles. The summed E-state index contributed by atoms with van der Waals surface area (Å²) in [5.74, 6) is -0.193. The average molecular weight is 270 g/mol. The van der Waals surface area contributed by atoms with Crippen molar-refractivity contribution in [3.05, 3.63) is 53.1 Å². The minimum Gasteiger partial charge on any atom is -0.308 e. The largest absolute Gasteiger partial charge is 0.308 e. The first kappa shape index (κ1) is 14.7. The Labute approximate surface area is 112 Å². The van der Waals surface area contributed by atoms with Crippen molar-refractivity contribution in [2.24, 2.45) is 7.05 Å². The first-order valence-corrected chi connectivity index (χ1v) is 5.59. The van der Waals surface area contributed by atoms with Gasteiger partial charge in [0.15, 0.2) is 0 Å². The zero-order chi connectivity index (χ0) is 12.3. The van der Waals surface area contributed by atoms with E-state index in [1.54, 1.807) is 16.8 Å². The summed E-state index contributed by atoms with van der Waals surface area (Å²) < 4.78 is 14.7. The molecule has 0 aliphatic heterocycles. The fourth-order valence-corrected chi connectivity index (χ4v) is 1.81. The van der Waals surface area contributed by atoms with E-state index in [0.29, 0.717) is 6.54 Å². The van der Waals surface area contributed by atoms with Crippen LogP contribution in [0.3, 0.4) is 0 Å². The van der Waals surface area contributed by atoms with Crippen molar-refractivity contribution in [3.63, 3.8) is 0 Å². The van der Waals surface area contributed by atoms with E-state index in [1.807, 2.05) is 26.2 Å². The molecule has 0 saturated carbocycles. The number of aryl methyl sites for hydroxylation is 2. The number of halogens is 2. The molecule has 1 N–H and O–H groups in total. The van der Waals surface area contributed by atoms with Gasteiger partial charge in [-0.15, -0.1) is 12.4 Å². The number of aromatic nitrogens is 2. The van der Waals surface area contributed by atoms with Gasteiger partial charge in [-0.3, -0.25) is 4.68 Å². The smallest absolute Gasteiger partial charge is 0.123 e. The van der Waals surface area contributed by atoms with Crippen LogP contribution in [-0.4, -0.2) is 9.78 Å². The third kappa shape index (κ3) is 3.82. The number of hydrogen-bond donors (Lipinski definition) is 1. The molecule has 0 amide bonds. The van der Waals surface area contributed by atoms with Crippen LogP contribution in [-0.2, 0) is 20.1 Å². The predicted octanol–water partition coefficient (Wildman–Crippen LogP) is 2.58. The van der Waals surface area contributed by atoms with Crippen LogP contribution < -0.4 is 5.32 Å². The van der Waals surface area contributed by atoms with Crippen molar-refractivity contribution in [1.29, 1.82) is 0 Å². The normalized spacial score (nSPS) is 10.2. The van der Waals surface area contributed by atoms with Crippen LogP contribution in [0.1, 0.15) is 16.8 Å². The summed E-state index contributed by atoms with van der Waals surface area (Å²) in [7, 11) is 1.91. The summed E-state index contributed by atoms with van der Waals surface area (Å²) in [5, 5.41) is 7.55. The maximum atomic E-state index is 12.9. The quantitative estimate of drug-likeness (QED) is 0.925. The number of hydrogen-bond acceptors (Lipinski definition) is 2. The first-order valence-electron chi connectivity index (χ1n) is 5.59. The van der Waals surface area contributed by atoms with Gasteiger partial charge in [-0.05, 0) is 24.6 Å². The second-order valence-corrected chi connectivity index (χ2v) is 4.15. The number of rotatable bonds is 4. The molecule has 1 aromatic carbocycles. The number of nitrogens with zero attached hydrogens (tertiary/aromatic N) is 2. The van der Waals surface area contributed by atoms with Crippen LogP contribution >= 0.6 is 12.4 Å². The van der Waals surface area contributed by atoms with E-state index in [4.69, 9.17) is 0 Å².